The molecule has 1 aromatic rings. The number of alkyl halides is 6. The van der Waals surface area contributed by atoms with Gasteiger partial charge in [-0.1, -0.05) is 11.8 Å². The molecular formula is C13H16F6N6O3S. The van der Waals surface area contributed by atoms with Crippen molar-refractivity contribution >= 4 is 29.6 Å². The SMILES string of the molecule is O=C(CSc1nnc(N2CCOCC2)n1CC(F)(F)F)NC(=O)NCC(F)(F)F. The van der Waals surface area contributed by atoms with Crippen LogP contribution >= 0.6 is 11.8 Å². The lowest BCUT2D eigenvalue weighted by Crippen LogP contribution is -2.44. The number of halogens is 6. The van der Waals surface area contributed by atoms with Crippen molar-refractivity contribution in [3.8, 4) is 0 Å². The molecule has 2 heterocycles. The highest BCUT2D eigenvalue weighted by Crippen LogP contribution is 2.27. The monoisotopic (exact) mass is 450 g/mol. The van der Waals surface area contributed by atoms with E-state index >= 15 is 0 Å². The minimum Gasteiger partial charge on any atom is -0.378 e. The van der Waals surface area contributed by atoms with Crippen molar-refractivity contribution in [3.05, 3.63) is 0 Å². The summed E-state index contributed by atoms with van der Waals surface area (Å²) in [4.78, 5) is 24.5. The number of nitrogens with one attached hydrogen (secondary N) is 2. The predicted octanol–water partition coefficient (Wildman–Crippen LogP) is 1.16. The number of amides is 3. The van der Waals surface area contributed by atoms with Crippen molar-refractivity contribution < 1.29 is 40.7 Å². The second-order valence-electron chi connectivity index (χ2n) is 5.72. The Bertz CT molecular complexity index is 719. The molecule has 0 unspecified atom stereocenters. The Morgan fingerprint density at radius 3 is 2.31 bits per heavy atom. The smallest absolute Gasteiger partial charge is 0.378 e. The van der Waals surface area contributed by atoms with Gasteiger partial charge in [-0.15, -0.1) is 10.2 Å². The maximum atomic E-state index is 12.9. The largest absolute Gasteiger partial charge is 0.406 e. The first kappa shape index (κ1) is 23.1. The lowest BCUT2D eigenvalue weighted by molar-refractivity contribution is -0.141. The molecule has 0 radical (unpaired) electrons. The number of morpholine rings is 1. The highest BCUT2D eigenvalue weighted by Gasteiger charge is 2.33. The van der Waals surface area contributed by atoms with Crippen LogP contribution in [0.1, 0.15) is 0 Å². The minimum absolute atomic E-state index is 0.0450. The molecule has 9 nitrogen and oxygen atoms in total. The van der Waals surface area contributed by atoms with Gasteiger partial charge in [0.1, 0.15) is 13.1 Å². The normalized spacial score (nSPS) is 15.3. The van der Waals surface area contributed by atoms with Gasteiger partial charge in [0.2, 0.25) is 11.9 Å². The molecule has 2 rings (SSSR count). The van der Waals surface area contributed by atoms with Crippen LogP contribution < -0.4 is 15.5 Å². The Labute approximate surface area is 164 Å². The van der Waals surface area contributed by atoms with E-state index in [0.717, 1.165) is 4.57 Å². The fourth-order valence-corrected chi connectivity index (χ4v) is 2.95. The van der Waals surface area contributed by atoms with Crippen molar-refractivity contribution in [3.63, 3.8) is 0 Å². The van der Waals surface area contributed by atoms with Gasteiger partial charge in [-0.25, -0.2) is 4.79 Å². The highest BCUT2D eigenvalue weighted by molar-refractivity contribution is 7.99. The van der Waals surface area contributed by atoms with Crippen LogP contribution in [0.15, 0.2) is 5.16 Å². The van der Waals surface area contributed by atoms with Crippen LogP contribution in [0.5, 0.6) is 0 Å². The molecule has 1 aromatic heterocycles. The molecule has 0 saturated carbocycles. The molecule has 0 aromatic carbocycles. The number of rotatable bonds is 6. The van der Waals surface area contributed by atoms with Gasteiger partial charge in [-0.2, -0.15) is 26.3 Å². The van der Waals surface area contributed by atoms with Gasteiger partial charge in [0.05, 0.1) is 19.0 Å². The molecule has 1 aliphatic rings. The summed E-state index contributed by atoms with van der Waals surface area (Å²) >= 11 is 0.563. The third-order valence-corrected chi connectivity index (χ3v) is 4.33. The number of thioether (sulfide) groups is 1. The van der Waals surface area contributed by atoms with Gasteiger partial charge >= 0.3 is 18.4 Å². The molecule has 0 atom stereocenters. The fourth-order valence-electron chi connectivity index (χ4n) is 2.22. The highest BCUT2D eigenvalue weighted by atomic mass is 32.2. The average Bonchev–Trinajstić information content (AvgIpc) is 2.99. The minimum atomic E-state index is -4.65. The van der Waals surface area contributed by atoms with E-state index in [1.165, 1.54) is 5.32 Å². The van der Waals surface area contributed by atoms with Crippen LogP contribution in [0, 0.1) is 0 Å². The van der Waals surface area contributed by atoms with E-state index in [1.54, 1.807) is 10.2 Å². The molecule has 0 bridgehead atoms. The van der Waals surface area contributed by atoms with Crippen LogP contribution in [0.4, 0.5) is 37.1 Å². The van der Waals surface area contributed by atoms with Gasteiger partial charge in [-0.05, 0) is 0 Å². The van der Waals surface area contributed by atoms with Crippen molar-refractivity contribution in [2.24, 2.45) is 0 Å². The van der Waals surface area contributed by atoms with E-state index in [4.69, 9.17) is 4.74 Å². The van der Waals surface area contributed by atoms with Crippen LogP contribution in [0.3, 0.4) is 0 Å². The second kappa shape index (κ2) is 9.51. The number of hydrogen-bond acceptors (Lipinski definition) is 7. The molecular weight excluding hydrogens is 434 g/mol. The Kier molecular flexibility index (Phi) is 7.56. The van der Waals surface area contributed by atoms with E-state index in [0.29, 0.717) is 38.1 Å². The number of nitrogens with zero attached hydrogens (tertiary/aromatic N) is 4. The van der Waals surface area contributed by atoms with Crippen LogP contribution in [0.25, 0.3) is 0 Å². The predicted molar refractivity (Wildman–Crippen MR) is 87.4 cm³/mol. The van der Waals surface area contributed by atoms with Crippen molar-refractivity contribution in [2.45, 2.75) is 24.1 Å². The van der Waals surface area contributed by atoms with Gasteiger partial charge < -0.3 is 15.0 Å². The topological polar surface area (TPSA) is 101 Å². The van der Waals surface area contributed by atoms with Crippen LogP contribution in [0.2, 0.25) is 0 Å². The van der Waals surface area contributed by atoms with Crippen molar-refractivity contribution in [2.75, 3.05) is 43.5 Å². The Balaban J connectivity index is 1.99. The van der Waals surface area contributed by atoms with E-state index in [1.807, 2.05) is 0 Å². The number of urea groups is 1. The molecule has 1 saturated heterocycles. The van der Waals surface area contributed by atoms with E-state index in [9.17, 15) is 35.9 Å². The van der Waals surface area contributed by atoms with Crippen molar-refractivity contribution in [1.29, 1.82) is 0 Å². The molecule has 0 spiro atoms. The number of hydrogen-bond donors (Lipinski definition) is 2. The van der Waals surface area contributed by atoms with Gasteiger partial charge in [0, 0.05) is 13.1 Å². The maximum absolute atomic E-state index is 12.9. The summed E-state index contributed by atoms with van der Waals surface area (Å²) < 4.78 is 80.8. The molecule has 2 N–H and O–H groups in total. The van der Waals surface area contributed by atoms with E-state index in [2.05, 4.69) is 10.2 Å². The Morgan fingerprint density at radius 2 is 1.72 bits per heavy atom. The van der Waals surface area contributed by atoms with Gasteiger partial charge in [0.25, 0.3) is 0 Å². The average molecular weight is 450 g/mol. The zero-order chi connectivity index (χ0) is 21.7. The number of anilines is 1. The summed E-state index contributed by atoms with van der Waals surface area (Å²) in [5.41, 5.74) is 0. The molecule has 3 amide bonds. The summed E-state index contributed by atoms with van der Waals surface area (Å²) in [5.74, 6) is -1.61. The number of imide groups is 1. The van der Waals surface area contributed by atoms with E-state index in [-0.39, 0.29) is 11.1 Å². The third kappa shape index (κ3) is 7.96. The zero-order valence-electron chi connectivity index (χ0n) is 14.6. The zero-order valence-corrected chi connectivity index (χ0v) is 15.5. The van der Waals surface area contributed by atoms with Gasteiger partial charge in [-0.3, -0.25) is 14.7 Å². The number of aromatic nitrogens is 3. The van der Waals surface area contributed by atoms with Crippen LogP contribution in [-0.2, 0) is 16.1 Å². The van der Waals surface area contributed by atoms with Gasteiger partial charge in [0.15, 0.2) is 5.16 Å². The summed E-state index contributed by atoms with van der Waals surface area (Å²) in [5, 5.41) is 10.3. The van der Waals surface area contributed by atoms with E-state index < -0.39 is 43.1 Å². The summed E-state index contributed by atoms with van der Waals surface area (Å²) in [6, 6.07) is -1.38. The molecule has 0 aliphatic carbocycles. The Morgan fingerprint density at radius 1 is 1.07 bits per heavy atom. The third-order valence-electron chi connectivity index (χ3n) is 3.36. The molecule has 16 heteroatoms. The second-order valence-corrected chi connectivity index (χ2v) is 6.66. The number of carbonyl (C=O) groups is 2. The first-order chi connectivity index (χ1) is 13.4. The first-order valence-corrected chi connectivity index (χ1v) is 9.03. The number of carbonyl (C=O) groups excluding carboxylic acids is 2. The summed E-state index contributed by atoms with van der Waals surface area (Å²) in [6.07, 6.45) is -9.24. The lowest BCUT2D eigenvalue weighted by Gasteiger charge is -2.28. The standard InChI is InChI=1S/C13H16F6N6O3S/c14-12(15,16)6-20-9(27)21-8(26)5-29-11-23-22-10(24-1-3-28-4-2-24)25(11)7-13(17,18)19/h1-7H2,(H2,20,21,26,27). The van der Waals surface area contributed by atoms with Crippen LogP contribution in [-0.4, -0.2) is 77.7 Å². The Hall–Kier alpha value is -2.23. The molecule has 29 heavy (non-hydrogen) atoms. The van der Waals surface area contributed by atoms with Crippen molar-refractivity contribution in [1.82, 2.24) is 25.4 Å². The molecule has 164 valence electrons. The summed E-state index contributed by atoms with van der Waals surface area (Å²) in [6.45, 7) is -1.82. The fraction of sp³-hybridized carbons (Fsp3) is 0.692. The quantitative estimate of drug-likeness (QED) is 0.496. The lowest BCUT2D eigenvalue weighted by atomic mass is 10.4. The summed E-state index contributed by atoms with van der Waals surface area (Å²) in [7, 11) is 0. The molecule has 1 fully saturated rings. The number of ether oxygens (including phenoxy) is 1. The molecule has 1 aliphatic heterocycles. The first-order valence-electron chi connectivity index (χ1n) is 8.04. The maximum Gasteiger partial charge on any atom is 0.406 e.